The Morgan fingerprint density at radius 2 is 1.70 bits per heavy atom. The maximum absolute atomic E-state index is 11.5. The van der Waals surface area contributed by atoms with Crippen LogP contribution in [0.5, 0.6) is 5.75 Å². The summed E-state index contributed by atoms with van der Waals surface area (Å²) in [6.45, 7) is 8.50. The van der Waals surface area contributed by atoms with Gasteiger partial charge in [-0.2, -0.15) is 0 Å². The molecule has 5 heteroatoms. The normalized spacial score (nSPS) is 12.7. The van der Waals surface area contributed by atoms with E-state index in [-0.39, 0.29) is 18.2 Å². The Morgan fingerprint density at radius 3 is 2.33 bits per heavy atom. The highest BCUT2D eigenvalue weighted by Gasteiger charge is 2.14. The zero-order valence-electron chi connectivity index (χ0n) is 19.1. The summed E-state index contributed by atoms with van der Waals surface area (Å²) < 4.78 is 5.67. The Kier molecular flexibility index (Phi) is 8.41. The van der Waals surface area contributed by atoms with Crippen molar-refractivity contribution in [2.75, 3.05) is 13.2 Å². The zero-order chi connectivity index (χ0) is 23.8. The number of aliphatic hydroxyl groups is 1. The van der Waals surface area contributed by atoms with Crippen molar-refractivity contribution in [1.29, 1.82) is 0 Å². The van der Waals surface area contributed by atoms with E-state index >= 15 is 0 Å². The number of hydrogen-bond donors (Lipinski definition) is 3. The fourth-order valence-corrected chi connectivity index (χ4v) is 3.56. The number of aromatic carboxylic acids is 1. The van der Waals surface area contributed by atoms with E-state index < -0.39 is 12.1 Å². The highest BCUT2D eigenvalue weighted by Crippen LogP contribution is 2.28. The zero-order valence-corrected chi connectivity index (χ0v) is 19.1. The lowest BCUT2D eigenvalue weighted by atomic mass is 9.99. The fraction of sp³-hybridized carbons (Fsp3) is 0.250. The van der Waals surface area contributed by atoms with E-state index in [9.17, 15) is 15.0 Å². The number of aliphatic hydroxyl groups excluding tert-OH is 1. The van der Waals surface area contributed by atoms with Crippen LogP contribution in [0.25, 0.3) is 11.1 Å². The number of nitrogens with one attached hydrogen (secondary N) is 1. The summed E-state index contributed by atoms with van der Waals surface area (Å²) in [7, 11) is 0. The third-order valence-corrected chi connectivity index (χ3v) is 5.36. The van der Waals surface area contributed by atoms with Crippen LogP contribution in [0.1, 0.15) is 41.4 Å². The molecule has 0 bridgehead atoms. The number of rotatable bonds is 11. The van der Waals surface area contributed by atoms with Crippen LogP contribution in [-0.2, 0) is 6.42 Å². The lowest BCUT2D eigenvalue weighted by molar-refractivity contribution is 0.0692. The fourth-order valence-electron chi connectivity index (χ4n) is 3.56. The molecule has 0 heterocycles. The predicted octanol–water partition coefficient (Wildman–Crippen LogP) is 5.26. The monoisotopic (exact) mass is 445 g/mol. The van der Waals surface area contributed by atoms with Crippen molar-refractivity contribution < 1.29 is 19.7 Å². The van der Waals surface area contributed by atoms with Gasteiger partial charge in [0, 0.05) is 12.6 Å². The minimum atomic E-state index is -1.02. The van der Waals surface area contributed by atoms with E-state index in [4.69, 9.17) is 4.74 Å². The Morgan fingerprint density at radius 1 is 1.03 bits per heavy atom. The Balaban J connectivity index is 1.63. The highest BCUT2D eigenvalue weighted by molar-refractivity contribution is 5.92. The van der Waals surface area contributed by atoms with Gasteiger partial charge in [-0.1, -0.05) is 67.2 Å². The van der Waals surface area contributed by atoms with Gasteiger partial charge in [0.05, 0.1) is 6.10 Å². The van der Waals surface area contributed by atoms with Gasteiger partial charge in [0.2, 0.25) is 0 Å². The number of carboxylic acids is 1. The predicted molar refractivity (Wildman–Crippen MR) is 132 cm³/mol. The van der Waals surface area contributed by atoms with E-state index in [1.54, 1.807) is 18.2 Å². The Hall–Kier alpha value is -3.41. The summed E-state index contributed by atoms with van der Waals surface area (Å²) in [4.78, 5) is 11.5. The summed E-state index contributed by atoms with van der Waals surface area (Å²) in [5.74, 6) is -0.686. The van der Waals surface area contributed by atoms with Crippen molar-refractivity contribution in [2.45, 2.75) is 32.4 Å². The van der Waals surface area contributed by atoms with Gasteiger partial charge in [-0.15, -0.1) is 0 Å². The molecule has 0 aliphatic heterocycles. The largest absolute Gasteiger partial charge is 0.488 e. The van der Waals surface area contributed by atoms with Crippen LogP contribution in [-0.4, -0.2) is 35.4 Å². The third-order valence-electron chi connectivity index (χ3n) is 5.36. The lowest BCUT2D eigenvalue weighted by Crippen LogP contribution is -2.32. The molecule has 5 nitrogen and oxygen atoms in total. The molecule has 0 saturated carbocycles. The third kappa shape index (κ3) is 7.04. The van der Waals surface area contributed by atoms with E-state index in [0.717, 1.165) is 28.7 Å². The van der Waals surface area contributed by atoms with Crippen molar-refractivity contribution in [1.82, 2.24) is 5.32 Å². The molecular formula is C28H31NO4. The first kappa shape index (κ1) is 24.2. The minimum absolute atomic E-state index is 0.134. The van der Waals surface area contributed by atoms with Crippen LogP contribution in [0.2, 0.25) is 0 Å². The SMILES string of the molecule is C=C(C)COc1cc(-c2ccc(C[C@@H](C)NC[C@H](O)c3ccccc3)cc2)ccc1C(=O)O. The van der Waals surface area contributed by atoms with Crippen LogP contribution < -0.4 is 10.1 Å². The summed E-state index contributed by atoms with van der Waals surface area (Å²) in [5.41, 5.74) is 4.90. The van der Waals surface area contributed by atoms with Crippen LogP contribution in [0.15, 0.2) is 84.9 Å². The number of carbonyl (C=O) groups is 1. The average molecular weight is 446 g/mol. The molecule has 3 aromatic carbocycles. The Labute approximate surface area is 195 Å². The average Bonchev–Trinajstić information content (AvgIpc) is 2.82. The number of ether oxygens (including phenoxy) is 1. The second-order valence-corrected chi connectivity index (χ2v) is 8.40. The van der Waals surface area contributed by atoms with Crippen molar-refractivity contribution in [3.8, 4) is 16.9 Å². The molecule has 0 saturated heterocycles. The van der Waals surface area contributed by atoms with Gasteiger partial charge in [-0.05, 0) is 60.2 Å². The summed E-state index contributed by atoms with van der Waals surface area (Å²) >= 11 is 0. The lowest BCUT2D eigenvalue weighted by Gasteiger charge is -2.18. The maximum Gasteiger partial charge on any atom is 0.339 e. The first-order chi connectivity index (χ1) is 15.8. The summed E-state index contributed by atoms with van der Waals surface area (Å²) in [5, 5.41) is 23.2. The first-order valence-electron chi connectivity index (χ1n) is 11.0. The van der Waals surface area contributed by atoms with Gasteiger partial charge < -0.3 is 20.3 Å². The van der Waals surface area contributed by atoms with E-state index in [0.29, 0.717) is 12.3 Å². The molecule has 33 heavy (non-hydrogen) atoms. The van der Waals surface area contributed by atoms with Gasteiger partial charge in [0.25, 0.3) is 0 Å². The van der Waals surface area contributed by atoms with E-state index in [2.05, 4.69) is 31.0 Å². The highest BCUT2D eigenvalue weighted by atomic mass is 16.5. The van der Waals surface area contributed by atoms with Gasteiger partial charge >= 0.3 is 5.97 Å². The molecule has 0 radical (unpaired) electrons. The topological polar surface area (TPSA) is 78.8 Å². The summed E-state index contributed by atoms with van der Waals surface area (Å²) in [6.07, 6.45) is 0.290. The molecule has 0 unspecified atom stereocenters. The van der Waals surface area contributed by atoms with Crippen molar-refractivity contribution >= 4 is 5.97 Å². The van der Waals surface area contributed by atoms with Crippen LogP contribution in [0.4, 0.5) is 0 Å². The first-order valence-corrected chi connectivity index (χ1v) is 11.0. The van der Waals surface area contributed by atoms with Gasteiger partial charge in [0.15, 0.2) is 0 Å². The van der Waals surface area contributed by atoms with E-state index in [1.807, 2.05) is 49.4 Å². The van der Waals surface area contributed by atoms with Gasteiger partial charge in [-0.25, -0.2) is 4.79 Å². The molecule has 0 aliphatic carbocycles. The molecule has 0 spiro atoms. The molecule has 3 N–H and O–H groups in total. The summed E-state index contributed by atoms with van der Waals surface area (Å²) in [6, 6.07) is 23.2. The molecule has 0 fully saturated rings. The van der Waals surface area contributed by atoms with Gasteiger partial charge in [-0.3, -0.25) is 0 Å². The quantitative estimate of drug-likeness (QED) is 0.351. The van der Waals surface area contributed by atoms with Crippen molar-refractivity contribution in [3.05, 3.63) is 102 Å². The maximum atomic E-state index is 11.5. The van der Waals surface area contributed by atoms with Crippen LogP contribution in [0.3, 0.4) is 0 Å². The van der Waals surface area contributed by atoms with Crippen molar-refractivity contribution in [2.24, 2.45) is 0 Å². The number of benzene rings is 3. The second kappa shape index (κ2) is 11.5. The molecule has 0 aliphatic rings. The molecule has 3 rings (SSSR count). The number of hydrogen-bond acceptors (Lipinski definition) is 4. The Bertz CT molecular complexity index is 1080. The van der Waals surface area contributed by atoms with Crippen LogP contribution >= 0.6 is 0 Å². The smallest absolute Gasteiger partial charge is 0.339 e. The number of carboxylic acid groups (broad SMARTS) is 1. The molecular weight excluding hydrogens is 414 g/mol. The molecule has 3 aromatic rings. The van der Waals surface area contributed by atoms with Crippen molar-refractivity contribution in [3.63, 3.8) is 0 Å². The minimum Gasteiger partial charge on any atom is -0.488 e. The second-order valence-electron chi connectivity index (χ2n) is 8.40. The van der Waals surface area contributed by atoms with Crippen LogP contribution in [0, 0.1) is 0 Å². The molecule has 0 aromatic heterocycles. The van der Waals surface area contributed by atoms with E-state index in [1.165, 1.54) is 5.56 Å². The molecule has 172 valence electrons. The standard InChI is InChI=1S/C28H31NO4/c1-19(2)18-33-27-16-24(13-14-25(27)28(31)32)22-11-9-21(10-12-22)15-20(3)29-17-26(30)23-7-5-4-6-8-23/h4-14,16,20,26,29-30H,1,15,17-18H2,2-3H3,(H,31,32)/t20-,26+/m1/s1. The molecule has 0 amide bonds. The van der Waals surface area contributed by atoms with Gasteiger partial charge in [0.1, 0.15) is 17.9 Å². The molecule has 2 atom stereocenters.